The van der Waals surface area contributed by atoms with E-state index in [9.17, 15) is 13.6 Å². The molecule has 132 valence electrons. The zero-order chi connectivity index (χ0) is 18.1. The molecule has 1 unspecified atom stereocenters. The van der Waals surface area contributed by atoms with Crippen molar-refractivity contribution in [2.75, 3.05) is 13.1 Å². The Bertz CT molecular complexity index is 921. The summed E-state index contributed by atoms with van der Waals surface area (Å²) in [7, 11) is 0. The standard InChI is InChI=1S/C19H16F2N4O/c20-15-7-4-8-16(21)18(15)19(26)24-10-9-14(11-24)25-12-17(22-23-25)13-5-2-1-3-6-13/h1-8,12,14H,9-11H2. The van der Waals surface area contributed by atoms with E-state index in [-0.39, 0.29) is 6.04 Å². The Morgan fingerprint density at radius 3 is 2.50 bits per heavy atom. The molecule has 1 saturated heterocycles. The minimum atomic E-state index is -0.842. The van der Waals surface area contributed by atoms with Crippen LogP contribution >= 0.6 is 0 Å². The summed E-state index contributed by atoms with van der Waals surface area (Å²) >= 11 is 0. The number of carbonyl (C=O) groups is 1. The highest BCUT2D eigenvalue weighted by atomic mass is 19.1. The van der Waals surface area contributed by atoms with Crippen LogP contribution in [0.25, 0.3) is 11.3 Å². The van der Waals surface area contributed by atoms with Crippen molar-refractivity contribution in [3.63, 3.8) is 0 Å². The van der Waals surface area contributed by atoms with E-state index in [4.69, 9.17) is 0 Å². The van der Waals surface area contributed by atoms with Crippen molar-refractivity contribution in [2.45, 2.75) is 12.5 Å². The van der Waals surface area contributed by atoms with Crippen molar-refractivity contribution >= 4 is 5.91 Å². The number of carbonyl (C=O) groups excluding carboxylic acids is 1. The van der Waals surface area contributed by atoms with E-state index < -0.39 is 23.1 Å². The fraction of sp³-hybridized carbons (Fsp3) is 0.211. The lowest BCUT2D eigenvalue weighted by Crippen LogP contribution is -2.30. The van der Waals surface area contributed by atoms with E-state index in [1.54, 1.807) is 4.68 Å². The average Bonchev–Trinajstić information content (AvgIpc) is 3.32. The van der Waals surface area contributed by atoms with Gasteiger partial charge in [0.2, 0.25) is 0 Å². The molecule has 0 aliphatic carbocycles. The van der Waals surface area contributed by atoms with E-state index in [0.29, 0.717) is 19.5 Å². The highest BCUT2D eigenvalue weighted by Crippen LogP contribution is 2.25. The van der Waals surface area contributed by atoms with Gasteiger partial charge >= 0.3 is 0 Å². The van der Waals surface area contributed by atoms with Gasteiger partial charge in [-0.1, -0.05) is 41.6 Å². The van der Waals surface area contributed by atoms with Crippen LogP contribution in [0.4, 0.5) is 8.78 Å². The molecule has 2 heterocycles. The molecule has 0 radical (unpaired) electrons. The summed E-state index contributed by atoms with van der Waals surface area (Å²) in [6.07, 6.45) is 2.48. The number of benzene rings is 2. The zero-order valence-electron chi connectivity index (χ0n) is 13.8. The lowest BCUT2D eigenvalue weighted by Gasteiger charge is -2.17. The van der Waals surface area contributed by atoms with Gasteiger partial charge in [-0.15, -0.1) is 5.10 Å². The van der Waals surface area contributed by atoms with Gasteiger partial charge in [0.1, 0.15) is 22.9 Å². The van der Waals surface area contributed by atoms with Gasteiger partial charge in [0.25, 0.3) is 5.91 Å². The van der Waals surface area contributed by atoms with E-state index in [1.807, 2.05) is 36.5 Å². The van der Waals surface area contributed by atoms with Crippen molar-refractivity contribution < 1.29 is 13.6 Å². The Labute approximate surface area is 148 Å². The fourth-order valence-electron chi connectivity index (χ4n) is 3.20. The normalized spacial score (nSPS) is 16.8. The largest absolute Gasteiger partial charge is 0.336 e. The summed E-state index contributed by atoms with van der Waals surface area (Å²) in [5.41, 5.74) is 1.20. The van der Waals surface area contributed by atoms with E-state index in [2.05, 4.69) is 10.3 Å². The molecular weight excluding hydrogens is 338 g/mol. The van der Waals surface area contributed by atoms with Gasteiger partial charge in [0, 0.05) is 18.7 Å². The molecule has 26 heavy (non-hydrogen) atoms. The number of nitrogens with zero attached hydrogens (tertiary/aromatic N) is 4. The highest BCUT2D eigenvalue weighted by molar-refractivity contribution is 5.95. The Morgan fingerprint density at radius 1 is 1.04 bits per heavy atom. The second kappa shape index (κ2) is 6.67. The number of amides is 1. The molecule has 0 bridgehead atoms. The molecule has 1 atom stereocenters. The predicted molar refractivity (Wildman–Crippen MR) is 91.4 cm³/mol. The maximum absolute atomic E-state index is 13.9. The average molecular weight is 354 g/mol. The SMILES string of the molecule is O=C(c1c(F)cccc1F)N1CCC(n2cc(-c3ccccc3)nn2)C1. The molecule has 2 aromatic carbocycles. The van der Waals surface area contributed by atoms with Crippen molar-refractivity contribution in [3.8, 4) is 11.3 Å². The fourth-order valence-corrected chi connectivity index (χ4v) is 3.20. The highest BCUT2D eigenvalue weighted by Gasteiger charge is 2.31. The number of likely N-dealkylation sites (tertiary alicyclic amines) is 1. The Kier molecular flexibility index (Phi) is 4.20. The Balaban J connectivity index is 1.51. The van der Waals surface area contributed by atoms with Crippen LogP contribution in [0.3, 0.4) is 0 Å². The second-order valence-electron chi connectivity index (χ2n) is 6.24. The van der Waals surface area contributed by atoms with Crippen LogP contribution in [0, 0.1) is 11.6 Å². The lowest BCUT2D eigenvalue weighted by atomic mass is 10.1. The number of hydrogen-bond donors (Lipinski definition) is 0. The van der Waals surface area contributed by atoms with Gasteiger partial charge in [-0.2, -0.15) is 0 Å². The van der Waals surface area contributed by atoms with Gasteiger partial charge in [-0.25, -0.2) is 13.5 Å². The first-order valence-electron chi connectivity index (χ1n) is 8.34. The van der Waals surface area contributed by atoms with Crippen LogP contribution in [0.15, 0.2) is 54.7 Å². The van der Waals surface area contributed by atoms with E-state index in [0.717, 1.165) is 23.4 Å². The molecule has 1 aliphatic heterocycles. The molecule has 0 N–H and O–H groups in total. The van der Waals surface area contributed by atoms with Crippen LogP contribution in [-0.4, -0.2) is 38.9 Å². The smallest absolute Gasteiger partial charge is 0.259 e. The molecule has 1 aromatic heterocycles. The van der Waals surface area contributed by atoms with Crippen molar-refractivity contribution in [1.29, 1.82) is 0 Å². The minimum absolute atomic E-state index is 0.0706. The second-order valence-corrected chi connectivity index (χ2v) is 6.24. The van der Waals surface area contributed by atoms with Gasteiger partial charge in [0.05, 0.1) is 12.2 Å². The monoisotopic (exact) mass is 354 g/mol. The topological polar surface area (TPSA) is 51.0 Å². The molecule has 0 spiro atoms. The minimum Gasteiger partial charge on any atom is -0.336 e. The number of aromatic nitrogens is 3. The lowest BCUT2D eigenvalue weighted by molar-refractivity contribution is 0.0777. The predicted octanol–water partition coefficient (Wildman–Crippen LogP) is 3.31. The van der Waals surface area contributed by atoms with Crippen molar-refractivity contribution in [2.24, 2.45) is 0 Å². The molecule has 7 heteroatoms. The van der Waals surface area contributed by atoms with Crippen LogP contribution in [0.1, 0.15) is 22.8 Å². The first-order valence-corrected chi connectivity index (χ1v) is 8.34. The summed E-state index contributed by atoms with van der Waals surface area (Å²) in [5, 5.41) is 8.33. The third-order valence-electron chi connectivity index (χ3n) is 4.58. The maximum Gasteiger partial charge on any atom is 0.259 e. The Hall–Kier alpha value is -3.09. The molecule has 5 nitrogen and oxygen atoms in total. The number of halogens is 2. The van der Waals surface area contributed by atoms with Crippen LogP contribution in [0.2, 0.25) is 0 Å². The Morgan fingerprint density at radius 2 is 1.77 bits per heavy atom. The molecule has 0 saturated carbocycles. The van der Waals surface area contributed by atoms with E-state index in [1.165, 1.54) is 11.0 Å². The summed E-state index contributed by atoms with van der Waals surface area (Å²) in [4.78, 5) is 13.9. The number of rotatable bonds is 3. The third-order valence-corrected chi connectivity index (χ3v) is 4.58. The summed E-state index contributed by atoms with van der Waals surface area (Å²) in [6.45, 7) is 0.752. The van der Waals surface area contributed by atoms with Gasteiger partial charge < -0.3 is 4.90 Å². The van der Waals surface area contributed by atoms with Crippen LogP contribution < -0.4 is 0 Å². The van der Waals surface area contributed by atoms with Gasteiger partial charge in [0.15, 0.2) is 0 Å². The van der Waals surface area contributed by atoms with Crippen LogP contribution in [-0.2, 0) is 0 Å². The first kappa shape index (κ1) is 16.4. The molecule has 1 aliphatic rings. The molecule has 4 rings (SSSR count). The van der Waals surface area contributed by atoms with Crippen LogP contribution in [0.5, 0.6) is 0 Å². The van der Waals surface area contributed by atoms with Crippen molar-refractivity contribution in [3.05, 3.63) is 71.9 Å². The van der Waals surface area contributed by atoms with E-state index >= 15 is 0 Å². The molecule has 1 amide bonds. The maximum atomic E-state index is 13.9. The summed E-state index contributed by atoms with van der Waals surface area (Å²) in [5.74, 6) is -2.32. The molecular formula is C19H16F2N4O. The molecule has 1 fully saturated rings. The van der Waals surface area contributed by atoms with Crippen molar-refractivity contribution in [1.82, 2.24) is 19.9 Å². The number of hydrogen-bond acceptors (Lipinski definition) is 3. The molecule has 3 aromatic rings. The zero-order valence-corrected chi connectivity index (χ0v) is 13.8. The van der Waals surface area contributed by atoms with Gasteiger partial charge in [-0.05, 0) is 18.6 Å². The quantitative estimate of drug-likeness (QED) is 0.725. The first-order chi connectivity index (χ1) is 12.6. The summed E-state index contributed by atoms with van der Waals surface area (Å²) in [6, 6.07) is 13.0. The summed E-state index contributed by atoms with van der Waals surface area (Å²) < 4.78 is 29.4. The third kappa shape index (κ3) is 2.96. The van der Waals surface area contributed by atoms with Gasteiger partial charge in [-0.3, -0.25) is 4.79 Å².